The summed E-state index contributed by atoms with van der Waals surface area (Å²) in [6, 6.07) is 23.0. The molecule has 1 saturated carbocycles. The van der Waals surface area contributed by atoms with Gasteiger partial charge in [0, 0.05) is 62.4 Å². The average Bonchev–Trinajstić information content (AvgIpc) is 3.82. The number of anilines is 2. The van der Waals surface area contributed by atoms with Crippen LogP contribution in [0.25, 0.3) is 22.3 Å². The molecule has 2 aromatic heterocycles. The smallest absolute Gasteiger partial charge is 0.475 e. The number of ether oxygens (including phenoxy) is 1. The second kappa shape index (κ2) is 18.2. The van der Waals surface area contributed by atoms with E-state index in [1.165, 1.54) is 32.0 Å². The summed E-state index contributed by atoms with van der Waals surface area (Å²) in [5.41, 5.74) is 11.0. The zero-order chi connectivity index (χ0) is 48.2. The number of nitrogens with two attached hydrogens (primary N) is 1. The molecule has 3 aromatic carbocycles. The Morgan fingerprint density at radius 1 is 0.841 bits per heavy atom. The standard InChI is InChI=1S/C47H50N10O5.C2HF3O2/c48-42-40-41(30-6-9-35(10-7-30)62-34-4-2-1-3-5-34)52-57(43(40)50-28-49-42)31-14-18-54(19-15-31)33-23-47(24-33)16-20-53(21-17-47)25-29-26-55(27-29)32-8-11-36-37(22-32)46(61)56(45(36)60)38-12-13-39(58)51-44(38)59;3-2(4,5)1(6)7/h1-11,22,28-29,31,33,38H,12-21,23-27H2,(H2,48,49,50)(H,51,58,59);(H,6,7). The number of rotatable bonds is 9. The first-order valence-electron chi connectivity index (χ1n) is 23.3. The number of halogens is 3. The number of nitrogen functional groups attached to an aromatic ring is 1. The molecule has 0 bridgehead atoms. The van der Waals surface area contributed by atoms with E-state index in [4.69, 9.17) is 25.5 Å². The third-order valence-electron chi connectivity index (χ3n) is 14.7. The van der Waals surface area contributed by atoms with Crippen LogP contribution in [0.15, 0.2) is 79.1 Å². The van der Waals surface area contributed by atoms with E-state index in [0.717, 1.165) is 103 Å². The topological polar surface area (TPSA) is 209 Å². The number of amides is 4. The van der Waals surface area contributed by atoms with Crippen LogP contribution in [0.1, 0.15) is 78.1 Å². The average molecular weight is 949 g/mol. The molecule has 5 aliphatic heterocycles. The molecule has 4 N–H and O–H groups in total. The van der Waals surface area contributed by atoms with Crippen molar-refractivity contribution in [2.45, 2.75) is 75.7 Å². The Labute approximate surface area is 394 Å². The van der Waals surface area contributed by atoms with Crippen LogP contribution < -0.4 is 20.7 Å². The minimum absolute atomic E-state index is 0.106. The van der Waals surface area contributed by atoms with Gasteiger partial charge in [-0.2, -0.15) is 18.3 Å². The van der Waals surface area contributed by atoms with Gasteiger partial charge in [-0.1, -0.05) is 18.2 Å². The number of alkyl halides is 3. The highest BCUT2D eigenvalue weighted by atomic mass is 19.4. The first kappa shape index (κ1) is 45.8. The number of para-hydroxylation sites is 1. The first-order chi connectivity index (χ1) is 33.1. The summed E-state index contributed by atoms with van der Waals surface area (Å²) in [5, 5.41) is 15.3. The van der Waals surface area contributed by atoms with Gasteiger partial charge >= 0.3 is 12.1 Å². The number of carboxylic acid groups (broad SMARTS) is 1. The van der Waals surface area contributed by atoms with E-state index in [2.05, 4.69) is 34.7 Å². The molecule has 17 nitrogen and oxygen atoms in total. The van der Waals surface area contributed by atoms with Gasteiger partial charge in [0.25, 0.3) is 11.8 Å². The number of aliphatic carboxylic acids is 1. The Hall–Kier alpha value is -6.93. The van der Waals surface area contributed by atoms with Crippen molar-refractivity contribution in [2.24, 2.45) is 11.3 Å². The third kappa shape index (κ3) is 9.09. The van der Waals surface area contributed by atoms with Gasteiger partial charge in [-0.25, -0.2) is 19.4 Å². The third-order valence-corrected chi connectivity index (χ3v) is 14.7. The van der Waals surface area contributed by atoms with E-state index in [0.29, 0.717) is 34.3 Å². The van der Waals surface area contributed by atoms with E-state index in [-0.39, 0.29) is 24.8 Å². The van der Waals surface area contributed by atoms with Gasteiger partial charge in [0.1, 0.15) is 35.4 Å². The van der Waals surface area contributed by atoms with Crippen molar-refractivity contribution >= 4 is 52.1 Å². The lowest BCUT2D eigenvalue weighted by Crippen LogP contribution is -2.58. The molecule has 0 radical (unpaired) electrons. The zero-order valence-electron chi connectivity index (χ0n) is 37.6. The molecule has 4 saturated heterocycles. The highest BCUT2D eigenvalue weighted by molar-refractivity contribution is 6.23. The Bertz CT molecular complexity index is 2790. The number of carbonyl (C=O) groups is 5. The molecule has 1 aliphatic carbocycles. The number of nitrogens with zero attached hydrogens (tertiary/aromatic N) is 8. The van der Waals surface area contributed by atoms with Crippen LogP contribution in [0.4, 0.5) is 24.7 Å². The highest BCUT2D eigenvalue weighted by Gasteiger charge is 2.49. The number of likely N-dealkylation sites (tertiary alicyclic amines) is 2. The lowest BCUT2D eigenvalue weighted by atomic mass is 9.59. The maximum absolute atomic E-state index is 13.3. The molecule has 11 rings (SSSR count). The van der Waals surface area contributed by atoms with E-state index in [1.807, 2.05) is 60.7 Å². The number of hydrogen-bond acceptors (Lipinski definition) is 13. The first-order valence-corrected chi connectivity index (χ1v) is 23.3. The summed E-state index contributed by atoms with van der Waals surface area (Å²) >= 11 is 0. The number of aromatic nitrogens is 4. The Morgan fingerprint density at radius 3 is 2.17 bits per heavy atom. The fraction of sp³-hybridized carbons (Fsp3) is 0.429. The van der Waals surface area contributed by atoms with Crippen molar-refractivity contribution in [1.29, 1.82) is 0 Å². The zero-order valence-corrected chi connectivity index (χ0v) is 37.6. The van der Waals surface area contributed by atoms with Crippen LogP contribution >= 0.6 is 0 Å². The molecule has 7 heterocycles. The number of carbonyl (C=O) groups excluding carboxylic acids is 4. The molecule has 20 heteroatoms. The fourth-order valence-corrected chi connectivity index (χ4v) is 11.0. The van der Waals surface area contributed by atoms with Crippen molar-refractivity contribution in [3.05, 3.63) is 90.3 Å². The van der Waals surface area contributed by atoms with E-state index in [1.54, 1.807) is 12.1 Å². The lowest BCUT2D eigenvalue weighted by molar-refractivity contribution is -0.192. The summed E-state index contributed by atoms with van der Waals surface area (Å²) in [4.78, 5) is 77.1. The summed E-state index contributed by atoms with van der Waals surface area (Å²) in [6.07, 6.45) is 3.82. The lowest BCUT2D eigenvalue weighted by Gasteiger charge is -2.56. The molecule has 69 heavy (non-hydrogen) atoms. The van der Waals surface area contributed by atoms with Gasteiger partial charge in [-0.3, -0.25) is 29.4 Å². The summed E-state index contributed by atoms with van der Waals surface area (Å²) in [5.74, 6) is -2.13. The molecule has 1 spiro atoms. The fourth-order valence-electron chi connectivity index (χ4n) is 11.0. The quantitative estimate of drug-likeness (QED) is 0.147. The van der Waals surface area contributed by atoms with Gasteiger partial charge in [0.05, 0.1) is 22.6 Å². The van der Waals surface area contributed by atoms with Crippen LogP contribution in [0, 0.1) is 11.3 Å². The Kier molecular flexibility index (Phi) is 12.1. The molecule has 4 amide bonds. The van der Waals surface area contributed by atoms with E-state index < -0.39 is 35.9 Å². The van der Waals surface area contributed by atoms with Crippen molar-refractivity contribution in [3.63, 3.8) is 0 Å². The van der Waals surface area contributed by atoms with Crippen LogP contribution in [0.5, 0.6) is 11.5 Å². The largest absolute Gasteiger partial charge is 0.490 e. The second-order valence-electron chi connectivity index (χ2n) is 19.1. The molecule has 360 valence electrons. The molecule has 1 atom stereocenters. The predicted molar refractivity (Wildman–Crippen MR) is 245 cm³/mol. The number of imide groups is 2. The number of piperidine rings is 3. The SMILES string of the molecule is Nc1ncnc2c1c(-c1ccc(Oc3ccccc3)cc1)nn2C1CCN(C2CC3(CCN(CC4CN(c5ccc6c(c5)C(=O)N(C5CCC(=O)NC5=O)C6=O)C4)CC3)C2)CC1.O=C(O)C(F)(F)F. The highest BCUT2D eigenvalue weighted by Crippen LogP contribution is 2.52. The van der Waals surface area contributed by atoms with Crippen molar-refractivity contribution in [2.75, 3.05) is 56.4 Å². The van der Waals surface area contributed by atoms with Crippen LogP contribution in [-0.4, -0.2) is 133 Å². The van der Waals surface area contributed by atoms with Gasteiger partial charge in [0.2, 0.25) is 11.8 Å². The van der Waals surface area contributed by atoms with Crippen molar-refractivity contribution in [3.8, 4) is 22.8 Å². The number of carboxylic acids is 1. The van der Waals surface area contributed by atoms with Crippen LogP contribution in [-0.2, 0) is 14.4 Å². The van der Waals surface area contributed by atoms with Crippen LogP contribution in [0.3, 0.4) is 0 Å². The van der Waals surface area contributed by atoms with Gasteiger partial charge in [0.15, 0.2) is 5.65 Å². The summed E-state index contributed by atoms with van der Waals surface area (Å²) in [7, 11) is 0. The second-order valence-corrected chi connectivity index (χ2v) is 19.1. The number of benzene rings is 3. The summed E-state index contributed by atoms with van der Waals surface area (Å²) < 4.78 is 39.9. The van der Waals surface area contributed by atoms with Crippen LogP contribution in [0.2, 0.25) is 0 Å². The van der Waals surface area contributed by atoms with Crippen molar-refractivity contribution < 1.29 is 47.0 Å². The molecule has 5 fully saturated rings. The molecular weight excluding hydrogens is 898 g/mol. The number of nitrogens with one attached hydrogen (secondary N) is 1. The van der Waals surface area contributed by atoms with Gasteiger partial charge in [-0.05, 0) is 118 Å². The normalized spacial score (nSPS) is 21.4. The maximum atomic E-state index is 13.3. The molecular formula is C49H51F3N10O7. The van der Waals surface area contributed by atoms with Crippen molar-refractivity contribution in [1.82, 2.24) is 39.8 Å². The molecule has 5 aromatic rings. The van der Waals surface area contributed by atoms with E-state index >= 15 is 0 Å². The Balaban J connectivity index is 0.000000736. The Morgan fingerprint density at radius 2 is 1.51 bits per heavy atom. The number of hydrogen-bond donors (Lipinski definition) is 3. The number of fused-ring (bicyclic) bond motifs is 2. The van der Waals surface area contributed by atoms with Gasteiger partial charge < -0.3 is 30.3 Å². The van der Waals surface area contributed by atoms with E-state index in [9.17, 15) is 32.3 Å². The molecule has 6 aliphatic rings. The molecule has 1 unspecified atom stereocenters. The predicted octanol–water partition coefficient (Wildman–Crippen LogP) is 5.92. The monoisotopic (exact) mass is 948 g/mol. The van der Waals surface area contributed by atoms with Gasteiger partial charge in [-0.15, -0.1) is 0 Å². The minimum Gasteiger partial charge on any atom is -0.475 e. The minimum atomic E-state index is -5.08. The maximum Gasteiger partial charge on any atom is 0.490 e. The summed E-state index contributed by atoms with van der Waals surface area (Å²) in [6.45, 7) is 7.26.